The maximum atomic E-state index is 11.7. The molecule has 1 aromatic rings. The molecule has 0 bridgehead atoms. The van der Waals surface area contributed by atoms with Crippen molar-refractivity contribution in [1.29, 1.82) is 5.26 Å². The Morgan fingerprint density at radius 1 is 1.50 bits per heavy atom. The van der Waals surface area contributed by atoms with Crippen molar-refractivity contribution in [2.75, 3.05) is 20.2 Å². The molecule has 2 N–H and O–H groups in total. The fourth-order valence-corrected chi connectivity index (χ4v) is 1.57. The van der Waals surface area contributed by atoms with E-state index in [1.807, 2.05) is 6.07 Å². The van der Waals surface area contributed by atoms with Crippen LogP contribution in [0.1, 0.15) is 16.8 Å². The number of benzene rings is 1. The number of hydrogen-bond donors (Lipinski definition) is 1. The first kappa shape index (κ1) is 15.8. The number of nitriles is 1. The van der Waals surface area contributed by atoms with Crippen LogP contribution >= 0.6 is 11.6 Å². The fraction of sp³-hybridized carbons (Fsp3) is 0.308. The summed E-state index contributed by atoms with van der Waals surface area (Å²) in [6, 6.07) is 6.31. The molecule has 0 heterocycles. The molecule has 0 aromatic heterocycles. The Bertz CT molecular complexity index is 554. The number of ether oxygens (including phenoxy) is 1. The molecule has 0 aliphatic rings. The number of carbonyl (C=O) groups excluding carboxylic acids is 2. The fourth-order valence-electron chi connectivity index (χ4n) is 1.41. The van der Waals surface area contributed by atoms with Crippen LogP contribution in [0.2, 0.25) is 5.02 Å². The van der Waals surface area contributed by atoms with Gasteiger partial charge in [-0.2, -0.15) is 5.26 Å². The molecule has 20 heavy (non-hydrogen) atoms. The number of nitrogens with two attached hydrogens (primary N) is 1. The van der Waals surface area contributed by atoms with Gasteiger partial charge in [-0.3, -0.25) is 9.59 Å². The Hall–Kier alpha value is -2.26. The Morgan fingerprint density at radius 2 is 2.20 bits per heavy atom. The van der Waals surface area contributed by atoms with Gasteiger partial charge in [-0.15, -0.1) is 0 Å². The molecule has 1 rings (SSSR count). The lowest BCUT2D eigenvalue weighted by Gasteiger charge is -2.16. The lowest BCUT2D eigenvalue weighted by Crippen LogP contribution is -2.32. The van der Waals surface area contributed by atoms with Crippen LogP contribution in [0.5, 0.6) is 5.75 Å². The molecule has 0 spiro atoms. The zero-order valence-electron chi connectivity index (χ0n) is 10.9. The van der Waals surface area contributed by atoms with E-state index in [-0.39, 0.29) is 30.2 Å². The Balaban J connectivity index is 2.70. The highest BCUT2D eigenvalue weighted by Gasteiger charge is 2.13. The summed E-state index contributed by atoms with van der Waals surface area (Å²) in [5.41, 5.74) is 5.36. The first-order valence-electron chi connectivity index (χ1n) is 5.78. The quantitative estimate of drug-likeness (QED) is 0.852. The smallest absolute Gasteiger partial charge is 0.260 e. The monoisotopic (exact) mass is 295 g/mol. The number of nitrogens with zero attached hydrogens (tertiary/aromatic N) is 2. The van der Waals surface area contributed by atoms with Gasteiger partial charge in [0.1, 0.15) is 5.75 Å². The third-order valence-corrected chi connectivity index (χ3v) is 2.78. The topological polar surface area (TPSA) is 96.4 Å². The second-order valence-electron chi connectivity index (χ2n) is 4.02. The second-order valence-corrected chi connectivity index (χ2v) is 4.45. The molecule has 0 radical (unpaired) electrons. The molecule has 0 saturated heterocycles. The van der Waals surface area contributed by atoms with Gasteiger partial charge in [0.2, 0.25) is 0 Å². The number of amides is 2. The number of primary amides is 1. The highest BCUT2D eigenvalue weighted by molar-refractivity contribution is 6.30. The zero-order valence-corrected chi connectivity index (χ0v) is 11.7. The molecule has 6 nitrogen and oxygen atoms in total. The molecule has 0 aliphatic heterocycles. The lowest BCUT2D eigenvalue weighted by atomic mass is 10.2. The molecule has 106 valence electrons. The van der Waals surface area contributed by atoms with Gasteiger partial charge in [-0.1, -0.05) is 11.6 Å². The molecule has 0 aliphatic carbocycles. The zero-order chi connectivity index (χ0) is 15.1. The number of halogens is 1. The number of rotatable bonds is 6. The van der Waals surface area contributed by atoms with E-state index in [9.17, 15) is 9.59 Å². The average Bonchev–Trinajstić information content (AvgIpc) is 2.41. The molecule has 7 heteroatoms. The maximum absolute atomic E-state index is 11.7. The summed E-state index contributed by atoms with van der Waals surface area (Å²) in [5, 5.41) is 8.82. The van der Waals surface area contributed by atoms with Gasteiger partial charge in [0.25, 0.3) is 11.8 Å². The van der Waals surface area contributed by atoms with Crippen LogP contribution < -0.4 is 10.5 Å². The SMILES string of the molecule is CN(CCC#N)C(=O)COc1cc(Cl)ccc1C(N)=O. The standard InChI is InChI=1S/C13H14ClN3O3/c1-17(6-2-5-15)12(18)8-20-11-7-9(14)3-4-10(11)13(16)19/h3-4,7H,2,6,8H2,1H3,(H2,16,19). The van der Waals surface area contributed by atoms with E-state index in [2.05, 4.69) is 0 Å². The van der Waals surface area contributed by atoms with E-state index in [1.54, 1.807) is 7.05 Å². The van der Waals surface area contributed by atoms with Crippen molar-refractivity contribution in [1.82, 2.24) is 4.90 Å². The molecule has 0 saturated carbocycles. The Morgan fingerprint density at radius 3 is 2.80 bits per heavy atom. The van der Waals surface area contributed by atoms with Crippen molar-refractivity contribution in [2.45, 2.75) is 6.42 Å². The molecule has 1 aromatic carbocycles. The summed E-state index contributed by atoms with van der Waals surface area (Å²) >= 11 is 5.80. The first-order chi connectivity index (χ1) is 9.45. The molecular formula is C13H14ClN3O3. The average molecular weight is 296 g/mol. The summed E-state index contributed by atoms with van der Waals surface area (Å²) in [4.78, 5) is 24.3. The predicted octanol–water partition coefficient (Wildman–Crippen LogP) is 1.19. The van der Waals surface area contributed by atoms with Gasteiger partial charge in [-0.25, -0.2) is 0 Å². The minimum Gasteiger partial charge on any atom is -0.483 e. The van der Waals surface area contributed by atoms with E-state index in [0.29, 0.717) is 11.6 Å². The molecule has 0 fully saturated rings. The molecule has 0 unspecified atom stereocenters. The summed E-state index contributed by atoms with van der Waals surface area (Å²) in [6.07, 6.45) is 0.242. The molecular weight excluding hydrogens is 282 g/mol. The van der Waals surface area contributed by atoms with Gasteiger partial charge in [0.15, 0.2) is 6.61 Å². The Labute approximate surface area is 121 Å². The van der Waals surface area contributed by atoms with Crippen LogP contribution in [0.3, 0.4) is 0 Å². The second kappa shape index (κ2) is 7.36. The third kappa shape index (κ3) is 4.44. The third-order valence-electron chi connectivity index (χ3n) is 2.55. The van der Waals surface area contributed by atoms with Crippen molar-refractivity contribution in [3.8, 4) is 11.8 Å². The number of hydrogen-bond acceptors (Lipinski definition) is 4. The van der Waals surface area contributed by atoms with Crippen LogP contribution in [-0.4, -0.2) is 36.9 Å². The highest BCUT2D eigenvalue weighted by Crippen LogP contribution is 2.23. The minimum absolute atomic E-state index is 0.155. The van der Waals surface area contributed by atoms with E-state index in [4.69, 9.17) is 27.3 Å². The summed E-state index contributed by atoms with van der Waals surface area (Å²) in [6.45, 7) is 0.0550. The minimum atomic E-state index is -0.665. The van der Waals surface area contributed by atoms with Gasteiger partial charge in [0, 0.05) is 18.6 Å². The molecule has 2 amide bonds. The summed E-state index contributed by atoms with van der Waals surface area (Å²) in [7, 11) is 1.57. The van der Waals surface area contributed by atoms with Crippen molar-refractivity contribution in [3.05, 3.63) is 28.8 Å². The van der Waals surface area contributed by atoms with E-state index in [1.165, 1.54) is 23.1 Å². The highest BCUT2D eigenvalue weighted by atomic mass is 35.5. The van der Waals surface area contributed by atoms with Crippen LogP contribution in [0.4, 0.5) is 0 Å². The van der Waals surface area contributed by atoms with Gasteiger partial charge < -0.3 is 15.4 Å². The van der Waals surface area contributed by atoms with E-state index >= 15 is 0 Å². The lowest BCUT2D eigenvalue weighted by molar-refractivity contribution is -0.132. The summed E-state index contributed by atoms with van der Waals surface area (Å²) < 4.78 is 5.28. The first-order valence-corrected chi connectivity index (χ1v) is 6.16. The van der Waals surface area contributed by atoms with Crippen molar-refractivity contribution < 1.29 is 14.3 Å². The predicted molar refractivity (Wildman–Crippen MR) is 73.3 cm³/mol. The van der Waals surface area contributed by atoms with Crippen LogP contribution in [0, 0.1) is 11.3 Å². The van der Waals surface area contributed by atoms with Gasteiger partial charge >= 0.3 is 0 Å². The van der Waals surface area contributed by atoms with Crippen molar-refractivity contribution >= 4 is 23.4 Å². The number of carbonyl (C=O) groups is 2. The maximum Gasteiger partial charge on any atom is 0.260 e. The van der Waals surface area contributed by atoms with Crippen molar-refractivity contribution in [3.63, 3.8) is 0 Å². The van der Waals surface area contributed by atoms with Crippen LogP contribution in [0.15, 0.2) is 18.2 Å². The van der Waals surface area contributed by atoms with Gasteiger partial charge in [0.05, 0.1) is 18.1 Å². The van der Waals surface area contributed by atoms with Crippen molar-refractivity contribution in [2.24, 2.45) is 5.73 Å². The number of likely N-dealkylation sites (N-methyl/N-ethyl adjacent to an activating group) is 1. The van der Waals surface area contributed by atoms with Gasteiger partial charge in [-0.05, 0) is 18.2 Å². The van der Waals surface area contributed by atoms with Crippen LogP contribution in [-0.2, 0) is 4.79 Å². The van der Waals surface area contributed by atoms with E-state index in [0.717, 1.165) is 0 Å². The van der Waals surface area contributed by atoms with Crippen LogP contribution in [0.25, 0.3) is 0 Å². The normalized spacial score (nSPS) is 9.65. The Kier molecular flexibility index (Phi) is 5.81. The van der Waals surface area contributed by atoms with E-state index < -0.39 is 5.91 Å². The molecule has 0 atom stereocenters. The summed E-state index contributed by atoms with van der Waals surface area (Å²) in [5.74, 6) is -0.815. The largest absolute Gasteiger partial charge is 0.483 e.